The molecule has 0 saturated heterocycles. The monoisotopic (exact) mass is 589 g/mol. The molecule has 1 heterocycles. The lowest BCUT2D eigenvalue weighted by molar-refractivity contribution is -0.120. The molecule has 3 amide bonds. The minimum Gasteiger partial charge on any atom is -0.350 e. The number of nitrogens with one attached hydrogen (secondary N) is 1. The van der Waals surface area contributed by atoms with Crippen molar-refractivity contribution in [3.05, 3.63) is 141 Å². The molecule has 0 unspecified atom stereocenters. The molecule has 40 heavy (non-hydrogen) atoms. The van der Waals surface area contributed by atoms with E-state index in [0.29, 0.717) is 29.4 Å². The molecule has 0 aliphatic carbocycles. The summed E-state index contributed by atoms with van der Waals surface area (Å²) in [6.45, 7) is 0.819. The minimum atomic E-state index is -0.720. The van der Waals surface area contributed by atoms with Crippen molar-refractivity contribution in [3.8, 4) is 0 Å². The van der Waals surface area contributed by atoms with Crippen LogP contribution in [0.4, 0.5) is 11.4 Å². The van der Waals surface area contributed by atoms with Crippen molar-refractivity contribution in [1.82, 2.24) is 4.90 Å². The topological polar surface area (TPSA) is 69.7 Å². The molecule has 1 N–H and O–H groups in total. The number of hydrogen-bond donors (Lipinski definition) is 1. The Morgan fingerprint density at radius 1 is 0.725 bits per heavy atom. The van der Waals surface area contributed by atoms with E-state index in [2.05, 4.69) is 5.32 Å². The summed E-state index contributed by atoms with van der Waals surface area (Å²) < 4.78 is 0. The van der Waals surface area contributed by atoms with Gasteiger partial charge in [-0.1, -0.05) is 102 Å². The first-order valence-electron chi connectivity index (χ1n) is 12.3. The van der Waals surface area contributed by atoms with Crippen molar-refractivity contribution in [2.75, 3.05) is 10.2 Å². The molecule has 6 nitrogen and oxygen atoms in total. The molecule has 0 saturated carbocycles. The van der Waals surface area contributed by atoms with E-state index in [9.17, 15) is 14.4 Å². The first-order chi connectivity index (χ1) is 19.3. The number of carbonyl (C=O) groups is 3. The van der Waals surface area contributed by atoms with E-state index in [-0.39, 0.29) is 27.3 Å². The van der Waals surface area contributed by atoms with Gasteiger partial charge in [-0.15, -0.1) is 0 Å². The van der Waals surface area contributed by atoms with Crippen molar-refractivity contribution in [2.45, 2.75) is 13.1 Å². The van der Waals surface area contributed by atoms with Gasteiger partial charge in [0, 0.05) is 29.4 Å². The molecular formula is C31H22Cl3N3O3. The van der Waals surface area contributed by atoms with Crippen LogP contribution in [0.2, 0.25) is 10.0 Å². The molecule has 200 valence electrons. The van der Waals surface area contributed by atoms with Crippen LogP contribution in [0, 0.1) is 0 Å². The van der Waals surface area contributed by atoms with E-state index in [0.717, 1.165) is 16.0 Å². The van der Waals surface area contributed by atoms with Crippen molar-refractivity contribution in [1.29, 1.82) is 0 Å². The van der Waals surface area contributed by atoms with E-state index >= 15 is 0 Å². The maximum absolute atomic E-state index is 13.7. The lowest BCUT2D eigenvalue weighted by Crippen LogP contribution is -2.32. The van der Waals surface area contributed by atoms with Crippen LogP contribution in [-0.2, 0) is 22.7 Å². The van der Waals surface area contributed by atoms with E-state index < -0.39 is 11.8 Å². The van der Waals surface area contributed by atoms with Gasteiger partial charge in [-0.3, -0.25) is 14.4 Å². The summed E-state index contributed by atoms with van der Waals surface area (Å²) in [6.07, 6.45) is 0. The second-order valence-electron chi connectivity index (χ2n) is 9.07. The molecule has 5 rings (SSSR count). The third-order valence-electron chi connectivity index (χ3n) is 6.28. The summed E-state index contributed by atoms with van der Waals surface area (Å²) in [4.78, 5) is 42.5. The fourth-order valence-corrected chi connectivity index (χ4v) is 5.06. The molecular weight excluding hydrogens is 569 g/mol. The molecule has 0 bridgehead atoms. The first kappa shape index (κ1) is 27.5. The van der Waals surface area contributed by atoms with Crippen LogP contribution < -0.4 is 10.2 Å². The van der Waals surface area contributed by atoms with Gasteiger partial charge >= 0.3 is 0 Å². The lowest BCUT2D eigenvalue weighted by atomic mass is 10.1. The van der Waals surface area contributed by atoms with Crippen molar-refractivity contribution in [3.63, 3.8) is 0 Å². The van der Waals surface area contributed by atoms with Gasteiger partial charge in [-0.05, 0) is 47.5 Å². The standard InChI is InChI=1S/C31H22Cl3N3O3/c32-23-14-15-26(25(33)17-23)37-30(39)27(34)28(31(37)40)35-24-13-7-12-22(16-24)29(38)36(18-20-8-3-1-4-9-20)19-21-10-5-2-6-11-21/h1-17,35H,18-19H2. The molecule has 4 aromatic rings. The predicted molar refractivity (Wildman–Crippen MR) is 158 cm³/mol. The Hall–Kier alpha value is -4.10. The molecule has 1 aliphatic heterocycles. The van der Waals surface area contributed by atoms with Gasteiger partial charge in [0.1, 0.15) is 10.7 Å². The van der Waals surface area contributed by atoms with E-state index in [1.165, 1.54) is 18.2 Å². The van der Waals surface area contributed by atoms with Crippen molar-refractivity contribution in [2.24, 2.45) is 0 Å². The third-order valence-corrected chi connectivity index (χ3v) is 7.17. The molecule has 1 aliphatic rings. The number of nitrogens with zero attached hydrogens (tertiary/aromatic N) is 2. The van der Waals surface area contributed by atoms with E-state index in [4.69, 9.17) is 34.8 Å². The van der Waals surface area contributed by atoms with Crippen molar-refractivity contribution < 1.29 is 14.4 Å². The third kappa shape index (κ3) is 5.89. The normalized spacial score (nSPS) is 13.1. The fraction of sp³-hybridized carbons (Fsp3) is 0.0645. The summed E-state index contributed by atoms with van der Waals surface area (Å²) in [7, 11) is 0. The Morgan fingerprint density at radius 2 is 1.35 bits per heavy atom. The van der Waals surface area contributed by atoms with Crippen LogP contribution in [0.1, 0.15) is 21.5 Å². The van der Waals surface area contributed by atoms with Crippen LogP contribution in [0.3, 0.4) is 0 Å². The van der Waals surface area contributed by atoms with Gasteiger partial charge in [0.25, 0.3) is 17.7 Å². The highest BCUT2D eigenvalue weighted by molar-refractivity contribution is 6.54. The molecule has 0 radical (unpaired) electrons. The zero-order chi connectivity index (χ0) is 28.2. The molecule has 4 aromatic carbocycles. The van der Waals surface area contributed by atoms with Crippen LogP contribution in [0.5, 0.6) is 0 Å². The number of rotatable bonds is 8. The quantitative estimate of drug-likeness (QED) is 0.219. The number of amides is 3. The maximum atomic E-state index is 13.7. The number of benzene rings is 4. The zero-order valence-corrected chi connectivity index (χ0v) is 23.3. The zero-order valence-electron chi connectivity index (χ0n) is 21.0. The van der Waals surface area contributed by atoms with Crippen LogP contribution in [0.25, 0.3) is 0 Å². The predicted octanol–water partition coefficient (Wildman–Crippen LogP) is 7.27. The second kappa shape index (κ2) is 12.0. The molecule has 0 atom stereocenters. The summed E-state index contributed by atoms with van der Waals surface area (Å²) >= 11 is 18.5. The SMILES string of the molecule is O=C(c1cccc(NC2=C(Cl)C(=O)N(c3ccc(Cl)cc3Cl)C2=O)c1)N(Cc1ccccc1)Cc1ccccc1. The lowest BCUT2D eigenvalue weighted by Gasteiger charge is -2.23. The molecule has 0 aromatic heterocycles. The Bertz CT molecular complexity index is 1580. The van der Waals surface area contributed by atoms with Gasteiger partial charge < -0.3 is 10.2 Å². The van der Waals surface area contributed by atoms with Gasteiger partial charge in [0.2, 0.25) is 0 Å². The average Bonchev–Trinajstić information content (AvgIpc) is 3.16. The highest BCUT2D eigenvalue weighted by Gasteiger charge is 2.40. The number of hydrogen-bond acceptors (Lipinski definition) is 4. The summed E-state index contributed by atoms with van der Waals surface area (Å²) in [5, 5.41) is 3.13. The van der Waals surface area contributed by atoms with Gasteiger partial charge in [0.05, 0.1) is 10.7 Å². The summed E-state index contributed by atoms with van der Waals surface area (Å²) in [5.41, 5.74) is 2.86. The van der Waals surface area contributed by atoms with Crippen molar-refractivity contribution >= 4 is 63.9 Å². The largest absolute Gasteiger partial charge is 0.350 e. The molecule has 0 spiro atoms. The van der Waals surface area contributed by atoms with E-state index in [1.54, 1.807) is 29.2 Å². The van der Waals surface area contributed by atoms with E-state index in [1.807, 2.05) is 60.7 Å². The summed E-state index contributed by atoms with van der Waals surface area (Å²) in [6, 6.07) is 30.6. The highest BCUT2D eigenvalue weighted by Crippen LogP contribution is 2.35. The first-order valence-corrected chi connectivity index (χ1v) is 13.4. The van der Waals surface area contributed by atoms with Crippen LogP contribution in [0.15, 0.2) is 114 Å². The van der Waals surface area contributed by atoms with Crippen LogP contribution in [-0.4, -0.2) is 22.6 Å². The number of imide groups is 1. The number of anilines is 2. The summed E-state index contributed by atoms with van der Waals surface area (Å²) in [5.74, 6) is -1.59. The number of carbonyl (C=O) groups excluding carboxylic acids is 3. The minimum absolute atomic E-state index is 0.118. The fourth-order valence-electron chi connectivity index (χ4n) is 4.36. The Kier molecular flexibility index (Phi) is 8.21. The Morgan fingerprint density at radius 3 is 1.95 bits per heavy atom. The molecule has 0 fully saturated rings. The highest BCUT2D eigenvalue weighted by atomic mass is 35.5. The second-order valence-corrected chi connectivity index (χ2v) is 10.3. The van der Waals surface area contributed by atoms with Crippen LogP contribution >= 0.6 is 34.8 Å². The average molecular weight is 591 g/mol. The number of halogens is 3. The van der Waals surface area contributed by atoms with Gasteiger partial charge in [-0.2, -0.15) is 0 Å². The smallest absolute Gasteiger partial charge is 0.283 e. The Labute approximate surface area is 246 Å². The van der Waals surface area contributed by atoms with Gasteiger partial charge in [0.15, 0.2) is 0 Å². The molecule has 9 heteroatoms. The van der Waals surface area contributed by atoms with Gasteiger partial charge in [-0.25, -0.2) is 4.90 Å². The Balaban J connectivity index is 1.39. The maximum Gasteiger partial charge on any atom is 0.283 e.